The average molecular weight is 256 g/mol. The lowest BCUT2D eigenvalue weighted by Crippen LogP contribution is -2.01. The Labute approximate surface area is 112 Å². The summed E-state index contributed by atoms with van der Waals surface area (Å²) in [6, 6.07) is 13.4. The van der Waals surface area contributed by atoms with Gasteiger partial charge < -0.3 is 9.47 Å². The molecule has 0 saturated carbocycles. The van der Waals surface area contributed by atoms with Gasteiger partial charge in [0.1, 0.15) is 5.75 Å². The van der Waals surface area contributed by atoms with Crippen molar-refractivity contribution in [3.63, 3.8) is 0 Å². The maximum absolute atomic E-state index is 11.2. The molecule has 0 spiro atoms. The minimum absolute atomic E-state index is 0.180. The molecule has 0 amide bonds. The van der Waals surface area contributed by atoms with Crippen LogP contribution >= 0.6 is 0 Å². The van der Waals surface area contributed by atoms with Gasteiger partial charge in [0.2, 0.25) is 0 Å². The predicted octanol–water partition coefficient (Wildman–Crippen LogP) is 3.46. The first kappa shape index (κ1) is 13.3. The minimum atomic E-state index is 0.180. The molecule has 0 saturated heterocycles. The molecule has 0 aliphatic heterocycles. The van der Waals surface area contributed by atoms with Gasteiger partial charge in [0, 0.05) is 18.2 Å². The van der Waals surface area contributed by atoms with Crippen LogP contribution in [0.2, 0.25) is 0 Å². The van der Waals surface area contributed by atoms with E-state index in [0.717, 1.165) is 23.0 Å². The number of aldehydes is 1. The van der Waals surface area contributed by atoms with Crippen LogP contribution in [-0.2, 0) is 4.74 Å². The molecule has 0 aliphatic rings. The van der Waals surface area contributed by atoms with Crippen LogP contribution in [-0.4, -0.2) is 20.2 Å². The van der Waals surface area contributed by atoms with Crippen LogP contribution in [0.3, 0.4) is 0 Å². The fraction of sp³-hybridized carbons (Fsp3) is 0.188. The van der Waals surface area contributed by atoms with Gasteiger partial charge in [0.25, 0.3) is 0 Å². The SMILES string of the molecule is COCOc1ccccc1-c1cc(C)ccc1C=O. The Balaban J connectivity index is 2.51. The van der Waals surface area contributed by atoms with Gasteiger partial charge in [-0.1, -0.05) is 42.0 Å². The summed E-state index contributed by atoms with van der Waals surface area (Å²) in [5.74, 6) is 0.707. The Morgan fingerprint density at radius 1 is 1.11 bits per heavy atom. The van der Waals surface area contributed by atoms with Crippen molar-refractivity contribution < 1.29 is 14.3 Å². The Kier molecular flexibility index (Phi) is 4.31. The number of carbonyl (C=O) groups excluding carboxylic acids is 1. The zero-order valence-corrected chi connectivity index (χ0v) is 11.1. The van der Waals surface area contributed by atoms with Crippen LogP contribution in [0.4, 0.5) is 0 Å². The number of ether oxygens (including phenoxy) is 2. The lowest BCUT2D eigenvalue weighted by Gasteiger charge is -2.12. The first-order valence-corrected chi connectivity index (χ1v) is 6.03. The van der Waals surface area contributed by atoms with Crippen LogP contribution in [0.15, 0.2) is 42.5 Å². The molecule has 0 heterocycles. The van der Waals surface area contributed by atoms with Gasteiger partial charge in [-0.05, 0) is 18.6 Å². The molecular weight excluding hydrogens is 240 g/mol. The Bertz CT molecular complexity index is 576. The lowest BCUT2D eigenvalue weighted by atomic mass is 9.97. The van der Waals surface area contributed by atoms with Gasteiger partial charge in [-0.25, -0.2) is 0 Å². The smallest absolute Gasteiger partial charge is 0.188 e. The molecular formula is C16H16O3. The molecule has 0 aromatic heterocycles. The highest BCUT2D eigenvalue weighted by Crippen LogP contribution is 2.32. The van der Waals surface area contributed by atoms with Gasteiger partial charge in [0.05, 0.1) is 0 Å². The van der Waals surface area contributed by atoms with Crippen LogP contribution in [0.5, 0.6) is 5.75 Å². The van der Waals surface area contributed by atoms with Gasteiger partial charge in [-0.15, -0.1) is 0 Å². The van der Waals surface area contributed by atoms with Crippen molar-refractivity contribution in [3.05, 3.63) is 53.6 Å². The molecule has 2 rings (SSSR count). The maximum Gasteiger partial charge on any atom is 0.188 e. The Hall–Kier alpha value is -2.13. The topological polar surface area (TPSA) is 35.5 Å². The van der Waals surface area contributed by atoms with E-state index >= 15 is 0 Å². The molecule has 0 radical (unpaired) electrons. The molecule has 0 fully saturated rings. The third kappa shape index (κ3) is 3.01. The monoisotopic (exact) mass is 256 g/mol. The molecule has 3 heteroatoms. The number of aryl methyl sites for hydroxylation is 1. The number of rotatable bonds is 5. The van der Waals surface area contributed by atoms with E-state index in [4.69, 9.17) is 9.47 Å². The summed E-state index contributed by atoms with van der Waals surface area (Å²) in [7, 11) is 1.58. The van der Waals surface area contributed by atoms with Gasteiger partial charge in [0.15, 0.2) is 13.1 Å². The largest absolute Gasteiger partial charge is 0.467 e. The van der Waals surface area contributed by atoms with E-state index in [1.807, 2.05) is 49.4 Å². The number of carbonyl (C=O) groups is 1. The van der Waals surface area contributed by atoms with E-state index in [1.165, 1.54) is 0 Å². The summed E-state index contributed by atoms with van der Waals surface area (Å²) in [6.07, 6.45) is 0.863. The van der Waals surface area contributed by atoms with Gasteiger partial charge >= 0.3 is 0 Å². The third-order valence-electron chi connectivity index (χ3n) is 2.85. The van der Waals surface area contributed by atoms with E-state index in [0.29, 0.717) is 11.3 Å². The minimum Gasteiger partial charge on any atom is -0.467 e. The number of hydrogen-bond acceptors (Lipinski definition) is 3. The first-order valence-electron chi connectivity index (χ1n) is 6.03. The van der Waals surface area contributed by atoms with E-state index in [1.54, 1.807) is 7.11 Å². The zero-order valence-electron chi connectivity index (χ0n) is 11.1. The Morgan fingerprint density at radius 2 is 1.89 bits per heavy atom. The third-order valence-corrected chi connectivity index (χ3v) is 2.85. The molecule has 2 aromatic carbocycles. The summed E-state index contributed by atoms with van der Waals surface area (Å²) in [4.78, 5) is 11.2. The normalized spacial score (nSPS) is 10.2. The summed E-state index contributed by atoms with van der Waals surface area (Å²) in [6.45, 7) is 2.18. The van der Waals surface area contributed by atoms with E-state index < -0.39 is 0 Å². The molecule has 0 N–H and O–H groups in total. The summed E-state index contributed by atoms with van der Waals surface area (Å²) >= 11 is 0. The van der Waals surface area contributed by atoms with E-state index in [-0.39, 0.29) is 6.79 Å². The first-order chi connectivity index (χ1) is 9.26. The van der Waals surface area contributed by atoms with Crippen molar-refractivity contribution in [2.75, 3.05) is 13.9 Å². The molecule has 0 atom stereocenters. The Morgan fingerprint density at radius 3 is 2.63 bits per heavy atom. The molecule has 2 aromatic rings. The molecule has 0 bridgehead atoms. The molecule has 0 unspecified atom stereocenters. The fourth-order valence-corrected chi connectivity index (χ4v) is 1.94. The number of methoxy groups -OCH3 is 1. The van der Waals surface area contributed by atoms with Gasteiger partial charge in [-0.2, -0.15) is 0 Å². The second-order valence-corrected chi connectivity index (χ2v) is 4.26. The van der Waals surface area contributed by atoms with E-state index in [9.17, 15) is 4.79 Å². The van der Waals surface area contributed by atoms with E-state index in [2.05, 4.69) is 0 Å². The van der Waals surface area contributed by atoms with Crippen molar-refractivity contribution >= 4 is 6.29 Å². The molecule has 0 aliphatic carbocycles. The zero-order chi connectivity index (χ0) is 13.7. The van der Waals surface area contributed by atoms with Crippen molar-refractivity contribution in [2.45, 2.75) is 6.92 Å². The number of benzene rings is 2. The quantitative estimate of drug-likeness (QED) is 0.607. The van der Waals surface area contributed by atoms with Crippen LogP contribution in [0.25, 0.3) is 11.1 Å². The number of hydrogen-bond donors (Lipinski definition) is 0. The van der Waals surface area contributed by atoms with Crippen molar-refractivity contribution in [1.82, 2.24) is 0 Å². The second kappa shape index (κ2) is 6.16. The fourth-order valence-electron chi connectivity index (χ4n) is 1.94. The van der Waals surface area contributed by atoms with Gasteiger partial charge in [-0.3, -0.25) is 4.79 Å². The van der Waals surface area contributed by atoms with Crippen molar-refractivity contribution in [1.29, 1.82) is 0 Å². The number of para-hydroxylation sites is 1. The average Bonchev–Trinajstić information content (AvgIpc) is 2.45. The highest BCUT2D eigenvalue weighted by Gasteiger charge is 2.10. The molecule has 19 heavy (non-hydrogen) atoms. The van der Waals surface area contributed by atoms with Crippen molar-refractivity contribution in [2.24, 2.45) is 0 Å². The standard InChI is InChI=1S/C16H16O3/c1-12-7-8-13(10-17)15(9-12)14-5-3-4-6-16(14)19-11-18-2/h3-10H,11H2,1-2H3. The van der Waals surface area contributed by atoms with Crippen LogP contribution < -0.4 is 4.74 Å². The highest BCUT2D eigenvalue weighted by molar-refractivity contribution is 5.89. The summed E-state index contributed by atoms with van der Waals surface area (Å²) in [5, 5.41) is 0. The lowest BCUT2D eigenvalue weighted by molar-refractivity contribution is 0.0515. The predicted molar refractivity (Wildman–Crippen MR) is 74.5 cm³/mol. The molecule has 98 valence electrons. The highest BCUT2D eigenvalue weighted by atomic mass is 16.7. The maximum atomic E-state index is 11.2. The molecule has 3 nitrogen and oxygen atoms in total. The van der Waals surface area contributed by atoms with Crippen molar-refractivity contribution in [3.8, 4) is 16.9 Å². The summed E-state index contributed by atoms with van der Waals surface area (Å²) < 4.78 is 10.5. The second-order valence-electron chi connectivity index (χ2n) is 4.26. The van der Waals surface area contributed by atoms with Crippen LogP contribution in [0.1, 0.15) is 15.9 Å². The summed E-state index contributed by atoms with van der Waals surface area (Å²) in [5.41, 5.74) is 3.52. The van der Waals surface area contributed by atoms with Crippen LogP contribution in [0, 0.1) is 6.92 Å².